The van der Waals surface area contributed by atoms with E-state index in [-0.39, 0.29) is 0 Å². The number of allylic oxidation sites excluding steroid dienone is 3. The number of hydrogen-bond donors (Lipinski definition) is 0. The van der Waals surface area contributed by atoms with Crippen molar-refractivity contribution in [1.29, 1.82) is 0 Å². The molecule has 2 heteroatoms. The minimum atomic E-state index is 0.648. The van der Waals surface area contributed by atoms with Crippen LogP contribution in [0.5, 0.6) is 0 Å². The second-order valence-electron chi connectivity index (χ2n) is 1.26. The Morgan fingerprint density at radius 2 is 2.33 bits per heavy atom. The smallest absolute Gasteiger partial charge is 0.225 e. The van der Waals surface area contributed by atoms with Gasteiger partial charge in [-0.2, -0.15) is 0 Å². The highest BCUT2D eigenvalue weighted by molar-refractivity contribution is 5.66. The van der Waals surface area contributed by atoms with Crippen LogP contribution >= 0.6 is 0 Å². The maximum absolute atomic E-state index is 9.55. The average molecular weight is 125 g/mol. The van der Waals surface area contributed by atoms with Gasteiger partial charge < -0.3 is 4.74 Å². The van der Waals surface area contributed by atoms with Gasteiger partial charge in [-0.25, -0.2) is 0 Å². The standard InChI is InChI=1S/C7H9O2/c1-2-9-7-5-3-4-6-8/h3-5,7H,2H2,1H3. The molecule has 0 fully saturated rings. The zero-order chi connectivity index (χ0) is 6.95. The summed E-state index contributed by atoms with van der Waals surface area (Å²) in [7, 11) is 0. The van der Waals surface area contributed by atoms with Gasteiger partial charge >= 0.3 is 0 Å². The van der Waals surface area contributed by atoms with Crippen molar-refractivity contribution in [1.82, 2.24) is 0 Å². The molecule has 0 heterocycles. The molecule has 0 amide bonds. The molecular weight excluding hydrogens is 116 g/mol. The summed E-state index contributed by atoms with van der Waals surface area (Å²) in [6.45, 7) is 2.54. The normalized spacial score (nSPS) is 10.8. The maximum Gasteiger partial charge on any atom is 0.225 e. The lowest BCUT2D eigenvalue weighted by atomic mass is 10.5. The van der Waals surface area contributed by atoms with E-state index in [1.165, 1.54) is 12.3 Å². The fraction of sp³-hybridized carbons (Fsp3) is 0.286. The van der Waals surface area contributed by atoms with E-state index in [0.717, 1.165) is 0 Å². The Hall–Kier alpha value is -1.05. The summed E-state index contributed by atoms with van der Waals surface area (Å²) in [4.78, 5) is 9.55. The minimum Gasteiger partial charge on any atom is -0.501 e. The Balaban J connectivity index is 3.23. The van der Waals surface area contributed by atoms with Crippen LogP contribution in [-0.4, -0.2) is 12.9 Å². The predicted molar refractivity (Wildman–Crippen MR) is 35.6 cm³/mol. The molecule has 0 bridgehead atoms. The molecule has 0 spiro atoms. The zero-order valence-corrected chi connectivity index (χ0v) is 5.33. The quantitative estimate of drug-likeness (QED) is 0.320. The maximum atomic E-state index is 9.55. The van der Waals surface area contributed by atoms with E-state index in [1.807, 2.05) is 6.92 Å². The Morgan fingerprint density at radius 1 is 1.56 bits per heavy atom. The molecule has 2 nitrogen and oxygen atoms in total. The van der Waals surface area contributed by atoms with Crippen molar-refractivity contribution in [3.05, 3.63) is 24.5 Å². The average Bonchev–Trinajstić information content (AvgIpc) is 1.89. The summed E-state index contributed by atoms with van der Waals surface area (Å²) in [6.07, 6.45) is 7.59. The fourth-order valence-corrected chi connectivity index (χ4v) is 0.292. The topological polar surface area (TPSA) is 26.3 Å². The third-order valence-electron chi connectivity index (χ3n) is 0.617. The minimum absolute atomic E-state index is 0.648. The van der Waals surface area contributed by atoms with Gasteiger partial charge in [0.15, 0.2) is 0 Å². The van der Waals surface area contributed by atoms with Crippen molar-refractivity contribution in [3.8, 4) is 0 Å². The van der Waals surface area contributed by atoms with E-state index in [2.05, 4.69) is 0 Å². The van der Waals surface area contributed by atoms with Crippen LogP contribution in [-0.2, 0) is 9.53 Å². The summed E-state index contributed by atoms with van der Waals surface area (Å²) in [6, 6.07) is 0. The molecule has 0 atom stereocenters. The van der Waals surface area contributed by atoms with E-state index < -0.39 is 0 Å². The number of rotatable bonds is 4. The molecule has 49 valence electrons. The van der Waals surface area contributed by atoms with Crippen LogP contribution in [0.15, 0.2) is 24.5 Å². The molecule has 0 N–H and O–H groups in total. The van der Waals surface area contributed by atoms with Gasteiger partial charge in [0.05, 0.1) is 12.9 Å². The van der Waals surface area contributed by atoms with Gasteiger partial charge in [-0.05, 0) is 19.1 Å². The molecule has 0 rings (SSSR count). The third kappa shape index (κ3) is 6.95. The molecule has 0 saturated carbocycles. The van der Waals surface area contributed by atoms with Gasteiger partial charge in [0.2, 0.25) is 6.29 Å². The number of ether oxygens (including phenoxy) is 1. The Bertz CT molecular complexity index is 114. The second kappa shape index (κ2) is 6.95. The van der Waals surface area contributed by atoms with Crippen molar-refractivity contribution in [2.24, 2.45) is 0 Å². The molecule has 0 aromatic carbocycles. The summed E-state index contributed by atoms with van der Waals surface area (Å²) >= 11 is 0. The van der Waals surface area contributed by atoms with Crippen LogP contribution in [0.1, 0.15) is 6.92 Å². The summed E-state index contributed by atoms with van der Waals surface area (Å²) in [5, 5.41) is 0. The molecule has 0 aliphatic carbocycles. The van der Waals surface area contributed by atoms with Gasteiger partial charge in [0, 0.05) is 0 Å². The molecule has 0 unspecified atom stereocenters. The molecule has 0 aliphatic rings. The number of hydrogen-bond acceptors (Lipinski definition) is 2. The van der Waals surface area contributed by atoms with Crippen LogP contribution in [0.4, 0.5) is 0 Å². The molecule has 9 heavy (non-hydrogen) atoms. The van der Waals surface area contributed by atoms with E-state index in [9.17, 15) is 4.79 Å². The van der Waals surface area contributed by atoms with E-state index in [0.29, 0.717) is 6.61 Å². The zero-order valence-electron chi connectivity index (χ0n) is 5.33. The van der Waals surface area contributed by atoms with E-state index >= 15 is 0 Å². The Labute approximate surface area is 54.8 Å². The first kappa shape index (κ1) is 7.95. The lowest BCUT2D eigenvalue weighted by Gasteiger charge is -1.87. The highest BCUT2D eigenvalue weighted by atomic mass is 16.5. The first-order chi connectivity index (χ1) is 4.41. The predicted octanol–water partition coefficient (Wildman–Crippen LogP) is 1.20. The van der Waals surface area contributed by atoms with E-state index in [4.69, 9.17) is 4.74 Å². The SMILES string of the molecule is CCOC=CC=C[C]=O. The fourth-order valence-electron chi connectivity index (χ4n) is 0.292. The number of carbonyl (C=O) groups excluding carboxylic acids is 1. The molecule has 0 aromatic heterocycles. The van der Waals surface area contributed by atoms with Crippen molar-refractivity contribution < 1.29 is 9.53 Å². The molecule has 1 radical (unpaired) electrons. The first-order valence-corrected chi connectivity index (χ1v) is 2.72. The van der Waals surface area contributed by atoms with Crippen LogP contribution in [0.25, 0.3) is 0 Å². The van der Waals surface area contributed by atoms with Crippen molar-refractivity contribution in [3.63, 3.8) is 0 Å². The lowest BCUT2D eigenvalue weighted by molar-refractivity contribution is 0.269. The van der Waals surface area contributed by atoms with Crippen molar-refractivity contribution in [2.75, 3.05) is 6.61 Å². The van der Waals surface area contributed by atoms with Gasteiger partial charge in [0.25, 0.3) is 0 Å². The molecular formula is C7H9O2. The van der Waals surface area contributed by atoms with Crippen LogP contribution in [0.3, 0.4) is 0 Å². The third-order valence-corrected chi connectivity index (χ3v) is 0.617. The van der Waals surface area contributed by atoms with Crippen molar-refractivity contribution in [2.45, 2.75) is 6.92 Å². The summed E-state index contributed by atoms with van der Waals surface area (Å²) < 4.78 is 4.82. The summed E-state index contributed by atoms with van der Waals surface area (Å²) in [5.41, 5.74) is 0. The van der Waals surface area contributed by atoms with Gasteiger partial charge in [-0.3, -0.25) is 4.79 Å². The van der Waals surface area contributed by atoms with Gasteiger partial charge in [0.1, 0.15) is 0 Å². The Morgan fingerprint density at radius 3 is 2.89 bits per heavy atom. The van der Waals surface area contributed by atoms with Gasteiger partial charge in [-0.1, -0.05) is 6.08 Å². The molecule has 0 aromatic rings. The Kier molecular flexibility index (Phi) is 6.14. The monoisotopic (exact) mass is 125 g/mol. The lowest BCUT2D eigenvalue weighted by Crippen LogP contribution is -1.74. The molecule has 0 saturated heterocycles. The van der Waals surface area contributed by atoms with Gasteiger partial charge in [-0.15, -0.1) is 0 Å². The van der Waals surface area contributed by atoms with Crippen molar-refractivity contribution >= 4 is 6.29 Å². The van der Waals surface area contributed by atoms with Crippen LogP contribution in [0.2, 0.25) is 0 Å². The molecule has 0 aliphatic heterocycles. The highest BCUT2D eigenvalue weighted by Gasteiger charge is 1.65. The van der Waals surface area contributed by atoms with E-state index in [1.54, 1.807) is 18.4 Å². The first-order valence-electron chi connectivity index (χ1n) is 2.72. The second-order valence-corrected chi connectivity index (χ2v) is 1.26. The summed E-state index contributed by atoms with van der Waals surface area (Å²) in [5.74, 6) is 0. The largest absolute Gasteiger partial charge is 0.501 e. The van der Waals surface area contributed by atoms with Crippen LogP contribution < -0.4 is 0 Å². The van der Waals surface area contributed by atoms with Crippen LogP contribution in [0, 0.1) is 0 Å². The highest BCUT2D eigenvalue weighted by Crippen LogP contribution is 1.77.